The van der Waals surface area contributed by atoms with E-state index in [1.807, 2.05) is 28.6 Å². The summed E-state index contributed by atoms with van der Waals surface area (Å²) in [5, 5.41) is 7.78. The molecule has 5 nitrogen and oxygen atoms in total. The van der Waals surface area contributed by atoms with Crippen LogP contribution in [0.2, 0.25) is 0 Å². The number of carbonyl (C=O) groups is 1. The Labute approximate surface area is 156 Å². The highest BCUT2D eigenvalue weighted by atomic mass is 32.2. The third kappa shape index (κ3) is 3.08. The molecule has 0 bridgehead atoms. The number of nitrogens with zero attached hydrogens (tertiary/aromatic N) is 2. The van der Waals surface area contributed by atoms with Crippen molar-refractivity contribution < 1.29 is 9.21 Å². The molecule has 1 N–H and O–H groups in total. The van der Waals surface area contributed by atoms with Gasteiger partial charge >= 0.3 is 0 Å². The van der Waals surface area contributed by atoms with Crippen molar-refractivity contribution in [1.82, 2.24) is 9.78 Å². The van der Waals surface area contributed by atoms with Gasteiger partial charge in [0, 0.05) is 23.1 Å². The van der Waals surface area contributed by atoms with E-state index in [2.05, 4.69) is 25.2 Å². The van der Waals surface area contributed by atoms with Crippen molar-refractivity contribution in [1.29, 1.82) is 0 Å². The molecule has 132 valence electrons. The summed E-state index contributed by atoms with van der Waals surface area (Å²) in [5.41, 5.74) is 5.50. The smallest absolute Gasteiger partial charge is 0.249 e. The van der Waals surface area contributed by atoms with Gasteiger partial charge in [0.15, 0.2) is 0 Å². The second kappa shape index (κ2) is 6.88. The Hall–Kier alpha value is -2.73. The minimum Gasteiger partial charge on any atom is -0.465 e. The lowest BCUT2D eigenvalue weighted by Gasteiger charge is -2.13. The minimum absolute atomic E-state index is 0.201. The van der Waals surface area contributed by atoms with E-state index in [9.17, 15) is 4.79 Å². The molecule has 0 fully saturated rings. The van der Waals surface area contributed by atoms with Crippen molar-refractivity contribution in [2.24, 2.45) is 0 Å². The third-order valence-corrected chi connectivity index (χ3v) is 5.51. The van der Waals surface area contributed by atoms with Crippen molar-refractivity contribution in [3.05, 3.63) is 70.8 Å². The van der Waals surface area contributed by atoms with Gasteiger partial charge in [-0.25, -0.2) is 4.68 Å². The topological polar surface area (TPSA) is 60.1 Å². The Bertz CT molecular complexity index is 987. The van der Waals surface area contributed by atoms with Crippen molar-refractivity contribution in [3.8, 4) is 5.69 Å². The highest BCUT2D eigenvalue weighted by Gasteiger charge is 2.25. The highest BCUT2D eigenvalue weighted by molar-refractivity contribution is 7.98. The molecule has 0 atom stereocenters. The number of rotatable bonds is 4. The maximum atomic E-state index is 12.5. The predicted octanol–water partition coefficient (Wildman–Crippen LogP) is 4.48. The van der Waals surface area contributed by atoms with Crippen LogP contribution in [0.5, 0.6) is 0 Å². The zero-order valence-corrected chi connectivity index (χ0v) is 15.5. The van der Waals surface area contributed by atoms with Gasteiger partial charge in [-0.05, 0) is 49.2 Å². The standard InChI is InChI=1S/C20H19N3O2S/c1-13-5-3-7-18(14(13)2)23-20(16-11-26-12-17(16)22-23)21-19(24)9-8-15-6-4-10-25-15/h3-10H,11-12H2,1-2H3,(H,21,24)/b9-8-. The molecule has 2 aromatic heterocycles. The number of fused-ring (bicyclic) bond motifs is 1. The zero-order valence-electron chi connectivity index (χ0n) is 14.7. The number of nitrogens with one attached hydrogen (secondary N) is 1. The number of carbonyl (C=O) groups excluding carboxylic acids is 1. The molecule has 1 aromatic carbocycles. The summed E-state index contributed by atoms with van der Waals surface area (Å²) in [6.07, 6.45) is 4.72. The lowest BCUT2D eigenvalue weighted by Crippen LogP contribution is -2.14. The Morgan fingerprint density at radius 1 is 1.27 bits per heavy atom. The van der Waals surface area contributed by atoms with Crippen molar-refractivity contribution >= 4 is 29.6 Å². The fourth-order valence-corrected chi connectivity index (χ4v) is 4.02. The quantitative estimate of drug-likeness (QED) is 0.693. The first-order valence-electron chi connectivity index (χ1n) is 8.41. The molecule has 0 aliphatic carbocycles. The number of aryl methyl sites for hydroxylation is 1. The molecule has 0 saturated heterocycles. The number of benzene rings is 1. The number of anilines is 1. The van der Waals surface area contributed by atoms with Gasteiger partial charge in [-0.15, -0.1) is 0 Å². The summed E-state index contributed by atoms with van der Waals surface area (Å²) >= 11 is 1.81. The zero-order chi connectivity index (χ0) is 18.1. The van der Waals surface area contributed by atoms with Crippen molar-refractivity contribution in [2.45, 2.75) is 25.4 Å². The molecule has 6 heteroatoms. The summed E-state index contributed by atoms with van der Waals surface area (Å²) in [7, 11) is 0. The maximum absolute atomic E-state index is 12.5. The molecule has 0 radical (unpaired) electrons. The molecule has 1 aliphatic heterocycles. The summed E-state index contributed by atoms with van der Waals surface area (Å²) in [5.74, 6) is 2.93. The average Bonchev–Trinajstić information content (AvgIpc) is 3.35. The SMILES string of the molecule is Cc1cccc(-n2nc3c(c2NC(=O)/C=C\c2ccco2)CSC3)c1C. The first kappa shape index (κ1) is 16.7. The van der Waals surface area contributed by atoms with E-state index in [1.165, 1.54) is 11.6 Å². The van der Waals surface area contributed by atoms with E-state index < -0.39 is 0 Å². The van der Waals surface area contributed by atoms with E-state index in [0.717, 1.165) is 39.8 Å². The first-order valence-corrected chi connectivity index (χ1v) is 9.56. The van der Waals surface area contributed by atoms with Crippen LogP contribution < -0.4 is 5.32 Å². The van der Waals surface area contributed by atoms with E-state index in [-0.39, 0.29) is 5.91 Å². The fourth-order valence-electron chi connectivity index (χ4n) is 2.98. The maximum Gasteiger partial charge on any atom is 0.249 e. The van der Waals surface area contributed by atoms with E-state index in [1.54, 1.807) is 24.5 Å². The van der Waals surface area contributed by atoms with Crippen LogP contribution in [0.25, 0.3) is 11.8 Å². The summed E-state index contributed by atoms with van der Waals surface area (Å²) < 4.78 is 7.09. The largest absolute Gasteiger partial charge is 0.465 e. The lowest BCUT2D eigenvalue weighted by molar-refractivity contribution is -0.111. The van der Waals surface area contributed by atoms with Crippen molar-refractivity contribution in [2.75, 3.05) is 5.32 Å². The van der Waals surface area contributed by atoms with Crippen LogP contribution in [-0.2, 0) is 16.3 Å². The van der Waals surface area contributed by atoms with Crippen LogP contribution in [-0.4, -0.2) is 15.7 Å². The molecular weight excluding hydrogens is 346 g/mol. The molecule has 3 heterocycles. The summed E-state index contributed by atoms with van der Waals surface area (Å²) in [6.45, 7) is 4.16. The minimum atomic E-state index is -0.201. The molecular formula is C20H19N3O2S. The van der Waals surface area contributed by atoms with Crippen LogP contribution in [0.1, 0.15) is 28.1 Å². The fraction of sp³-hybridized carbons (Fsp3) is 0.200. The molecule has 1 amide bonds. The molecule has 0 unspecified atom stereocenters. The van der Waals surface area contributed by atoms with Gasteiger partial charge in [-0.3, -0.25) is 4.79 Å². The first-order chi connectivity index (χ1) is 12.6. The van der Waals surface area contributed by atoms with Gasteiger partial charge in [-0.1, -0.05) is 12.1 Å². The summed E-state index contributed by atoms with van der Waals surface area (Å²) in [6, 6.07) is 9.72. The number of aromatic nitrogens is 2. The number of thioether (sulfide) groups is 1. The summed E-state index contributed by atoms with van der Waals surface area (Å²) in [4.78, 5) is 12.5. The number of hydrogen-bond donors (Lipinski definition) is 1. The number of furan rings is 1. The Kier molecular flexibility index (Phi) is 4.42. The normalized spacial score (nSPS) is 13.3. The van der Waals surface area contributed by atoms with Crippen LogP contribution in [0.15, 0.2) is 47.1 Å². The third-order valence-electron chi connectivity index (χ3n) is 4.54. The monoisotopic (exact) mass is 365 g/mol. The van der Waals surface area contributed by atoms with Crippen LogP contribution in [0, 0.1) is 13.8 Å². The molecule has 0 spiro atoms. The van der Waals surface area contributed by atoms with Crippen LogP contribution in [0.3, 0.4) is 0 Å². The van der Waals surface area contributed by atoms with E-state index in [0.29, 0.717) is 5.76 Å². The second-order valence-electron chi connectivity index (χ2n) is 6.24. The number of amides is 1. The predicted molar refractivity (Wildman–Crippen MR) is 104 cm³/mol. The molecule has 26 heavy (non-hydrogen) atoms. The van der Waals surface area contributed by atoms with Gasteiger partial charge in [0.25, 0.3) is 0 Å². The highest BCUT2D eigenvalue weighted by Crippen LogP contribution is 2.36. The molecule has 4 rings (SSSR count). The van der Waals surface area contributed by atoms with Gasteiger partial charge in [-0.2, -0.15) is 16.9 Å². The molecule has 3 aromatic rings. The van der Waals surface area contributed by atoms with Crippen LogP contribution >= 0.6 is 11.8 Å². The van der Waals surface area contributed by atoms with Gasteiger partial charge < -0.3 is 9.73 Å². The van der Waals surface area contributed by atoms with Crippen LogP contribution in [0.4, 0.5) is 5.82 Å². The second-order valence-corrected chi connectivity index (χ2v) is 7.22. The van der Waals surface area contributed by atoms with Gasteiger partial charge in [0.2, 0.25) is 5.91 Å². The Morgan fingerprint density at radius 2 is 2.15 bits per heavy atom. The lowest BCUT2D eigenvalue weighted by atomic mass is 10.1. The van der Waals surface area contributed by atoms with E-state index in [4.69, 9.17) is 9.52 Å². The van der Waals surface area contributed by atoms with Crippen molar-refractivity contribution in [3.63, 3.8) is 0 Å². The molecule has 0 saturated carbocycles. The Morgan fingerprint density at radius 3 is 2.96 bits per heavy atom. The molecule has 1 aliphatic rings. The van der Waals surface area contributed by atoms with Gasteiger partial charge in [0.1, 0.15) is 11.6 Å². The van der Waals surface area contributed by atoms with Gasteiger partial charge in [0.05, 0.1) is 17.6 Å². The number of hydrogen-bond acceptors (Lipinski definition) is 4. The average molecular weight is 365 g/mol. The van der Waals surface area contributed by atoms with E-state index >= 15 is 0 Å². The Balaban J connectivity index is 1.69.